The normalized spacial score (nSPS) is 11.8. The Labute approximate surface area is 219 Å². The number of carbonyl (C=O) groups excluding carboxylic acids is 1. The number of aromatic amines is 1. The molecule has 0 radical (unpaired) electrons. The number of anilines is 2. The molecule has 3 N–H and O–H groups in total. The predicted molar refractivity (Wildman–Crippen MR) is 143 cm³/mol. The van der Waals surface area contributed by atoms with E-state index < -0.39 is 0 Å². The molecule has 0 spiro atoms. The third-order valence-electron chi connectivity index (χ3n) is 5.90. The number of pyridine rings is 2. The van der Waals surface area contributed by atoms with Gasteiger partial charge >= 0.3 is 0 Å². The minimum absolute atomic E-state index is 0.204. The highest BCUT2D eigenvalue weighted by atomic mass is 16.1. The van der Waals surface area contributed by atoms with E-state index in [0.29, 0.717) is 35.1 Å². The number of nitrogens with one attached hydrogen (secondary N) is 3. The van der Waals surface area contributed by atoms with Crippen LogP contribution in [0.15, 0.2) is 61.2 Å². The lowest BCUT2D eigenvalue weighted by Gasteiger charge is -2.17. The Hall–Kier alpha value is -4.93. The molecule has 5 aromatic heterocycles. The molecule has 0 fully saturated rings. The van der Waals surface area contributed by atoms with Crippen molar-refractivity contribution in [3.05, 3.63) is 89.4 Å². The zero-order chi connectivity index (χ0) is 26.6. The Balaban J connectivity index is 1.28. The fraction of sp³-hybridized carbons (Fsp3) is 0.222. The highest BCUT2D eigenvalue weighted by molar-refractivity contribution is 5.92. The fourth-order valence-electron chi connectivity index (χ4n) is 3.97. The van der Waals surface area contributed by atoms with Crippen LogP contribution in [0.3, 0.4) is 0 Å². The summed E-state index contributed by atoms with van der Waals surface area (Å²) in [5, 5.41) is 17.6. The highest BCUT2D eigenvalue weighted by Crippen LogP contribution is 2.21. The summed E-state index contributed by atoms with van der Waals surface area (Å²) in [5.74, 6) is 2.25. The minimum Gasteiger partial charge on any atom is -0.344 e. The van der Waals surface area contributed by atoms with Crippen LogP contribution in [-0.2, 0) is 0 Å². The minimum atomic E-state index is -0.267. The number of H-pyrrole nitrogens is 1. The maximum absolute atomic E-state index is 13.0. The molecule has 0 unspecified atom stereocenters. The Morgan fingerprint density at radius 1 is 1.00 bits per heavy atom. The van der Waals surface area contributed by atoms with E-state index in [1.54, 1.807) is 35.4 Å². The molecule has 0 bridgehead atoms. The fourth-order valence-corrected chi connectivity index (χ4v) is 3.97. The van der Waals surface area contributed by atoms with E-state index in [2.05, 4.69) is 45.9 Å². The van der Waals surface area contributed by atoms with Gasteiger partial charge in [0.2, 0.25) is 0 Å². The van der Waals surface area contributed by atoms with Crippen molar-refractivity contribution in [1.29, 1.82) is 0 Å². The predicted octanol–water partition coefficient (Wildman–Crippen LogP) is 4.39. The second-order valence-electron chi connectivity index (χ2n) is 9.06. The summed E-state index contributed by atoms with van der Waals surface area (Å²) in [4.78, 5) is 31.0. The first-order chi connectivity index (χ1) is 18.4. The quantitative estimate of drug-likeness (QED) is 0.280. The van der Waals surface area contributed by atoms with Gasteiger partial charge in [-0.3, -0.25) is 14.9 Å². The molecule has 1 amide bonds. The monoisotopic (exact) mass is 508 g/mol. The first kappa shape index (κ1) is 24.8. The lowest BCUT2D eigenvalue weighted by Crippen LogP contribution is -2.29. The summed E-state index contributed by atoms with van der Waals surface area (Å²) < 4.78 is 1.72. The van der Waals surface area contributed by atoms with Gasteiger partial charge in [-0.25, -0.2) is 19.6 Å². The van der Waals surface area contributed by atoms with Gasteiger partial charge < -0.3 is 10.6 Å². The summed E-state index contributed by atoms with van der Waals surface area (Å²) in [6.07, 6.45) is 7.77. The Morgan fingerprint density at radius 2 is 1.87 bits per heavy atom. The number of rotatable bonds is 8. The van der Waals surface area contributed by atoms with Gasteiger partial charge in [-0.2, -0.15) is 10.2 Å². The van der Waals surface area contributed by atoms with Crippen LogP contribution in [0.1, 0.15) is 52.4 Å². The standard InChI is InChI=1S/C27H28N10O/c1-5-21(19-7-9-25(29-13-19)37-15-16(2)12-30-37)32-27(38)22-8-6-20(14-28-22)26-31-17(3)10-23(34-26)33-24-11-18(4)35-36-24/h6-15,21H,5H2,1-4H3,(H,32,38)(H2,31,33,34,35,36)/t21-/m1/s1. The van der Waals surface area contributed by atoms with Crippen molar-refractivity contribution in [1.82, 2.24) is 45.2 Å². The summed E-state index contributed by atoms with van der Waals surface area (Å²) in [5.41, 5.74) is 4.71. The second-order valence-corrected chi connectivity index (χ2v) is 9.06. The van der Waals surface area contributed by atoms with E-state index in [9.17, 15) is 4.79 Å². The van der Waals surface area contributed by atoms with E-state index in [4.69, 9.17) is 0 Å². The molecule has 11 heteroatoms. The van der Waals surface area contributed by atoms with Crippen molar-refractivity contribution in [2.24, 2.45) is 0 Å². The van der Waals surface area contributed by atoms with Crippen LogP contribution in [0, 0.1) is 20.8 Å². The smallest absolute Gasteiger partial charge is 0.270 e. The molecule has 5 heterocycles. The number of hydrogen-bond donors (Lipinski definition) is 3. The number of hydrogen-bond acceptors (Lipinski definition) is 8. The third-order valence-corrected chi connectivity index (χ3v) is 5.90. The Kier molecular flexibility index (Phi) is 6.90. The molecular formula is C27H28N10O. The molecule has 5 aromatic rings. The molecule has 0 aliphatic heterocycles. The van der Waals surface area contributed by atoms with Crippen molar-refractivity contribution >= 4 is 17.5 Å². The summed E-state index contributed by atoms with van der Waals surface area (Å²) >= 11 is 0. The molecule has 0 aliphatic carbocycles. The van der Waals surface area contributed by atoms with Gasteiger partial charge in [-0.1, -0.05) is 13.0 Å². The summed E-state index contributed by atoms with van der Waals surface area (Å²) in [6, 6.07) is 10.8. The van der Waals surface area contributed by atoms with Crippen molar-refractivity contribution < 1.29 is 4.79 Å². The van der Waals surface area contributed by atoms with Crippen molar-refractivity contribution in [2.45, 2.75) is 40.2 Å². The number of amides is 1. The number of aromatic nitrogens is 8. The molecular weight excluding hydrogens is 480 g/mol. The van der Waals surface area contributed by atoms with Gasteiger partial charge in [0.05, 0.1) is 12.2 Å². The average Bonchev–Trinajstić information content (AvgIpc) is 3.54. The van der Waals surface area contributed by atoms with Crippen LogP contribution in [0.5, 0.6) is 0 Å². The second kappa shape index (κ2) is 10.6. The molecule has 1 atom stereocenters. The number of carbonyl (C=O) groups is 1. The van der Waals surface area contributed by atoms with Gasteiger partial charge in [-0.05, 0) is 56.5 Å². The third kappa shape index (κ3) is 5.56. The maximum atomic E-state index is 13.0. The zero-order valence-corrected chi connectivity index (χ0v) is 21.6. The number of aryl methyl sites for hydroxylation is 3. The van der Waals surface area contributed by atoms with Gasteiger partial charge in [0.15, 0.2) is 17.5 Å². The summed E-state index contributed by atoms with van der Waals surface area (Å²) in [6.45, 7) is 7.81. The molecule has 192 valence electrons. The lowest BCUT2D eigenvalue weighted by molar-refractivity contribution is 0.0930. The van der Waals surface area contributed by atoms with Crippen LogP contribution in [0.2, 0.25) is 0 Å². The van der Waals surface area contributed by atoms with Gasteiger partial charge in [0.1, 0.15) is 11.5 Å². The van der Waals surface area contributed by atoms with E-state index >= 15 is 0 Å². The zero-order valence-electron chi connectivity index (χ0n) is 21.6. The Bertz CT molecular complexity index is 1550. The number of nitrogens with zero attached hydrogens (tertiary/aromatic N) is 7. The topological polar surface area (TPSA) is 139 Å². The molecule has 0 aromatic carbocycles. The van der Waals surface area contributed by atoms with Crippen molar-refractivity contribution in [3.8, 4) is 17.2 Å². The van der Waals surface area contributed by atoms with Crippen molar-refractivity contribution in [3.63, 3.8) is 0 Å². The van der Waals surface area contributed by atoms with E-state index in [-0.39, 0.29) is 11.9 Å². The highest BCUT2D eigenvalue weighted by Gasteiger charge is 2.17. The lowest BCUT2D eigenvalue weighted by atomic mass is 10.1. The largest absolute Gasteiger partial charge is 0.344 e. The first-order valence-corrected chi connectivity index (χ1v) is 12.3. The molecule has 11 nitrogen and oxygen atoms in total. The molecule has 5 rings (SSSR count). The molecule has 0 saturated heterocycles. The molecule has 0 aliphatic rings. The SMILES string of the molecule is CC[C@@H](NC(=O)c1ccc(-c2nc(C)cc(Nc3cc(C)[nH]n3)n2)cn1)c1ccc(-n2cc(C)cn2)nc1. The molecule has 0 saturated carbocycles. The summed E-state index contributed by atoms with van der Waals surface area (Å²) in [7, 11) is 0. The maximum Gasteiger partial charge on any atom is 0.270 e. The van der Waals surface area contributed by atoms with E-state index in [1.807, 2.05) is 58.2 Å². The average molecular weight is 509 g/mol. The van der Waals surface area contributed by atoms with Crippen LogP contribution < -0.4 is 10.6 Å². The van der Waals surface area contributed by atoms with E-state index in [0.717, 1.165) is 28.3 Å². The van der Waals surface area contributed by atoms with Crippen LogP contribution in [0.25, 0.3) is 17.2 Å². The first-order valence-electron chi connectivity index (χ1n) is 12.3. The van der Waals surface area contributed by atoms with E-state index in [1.165, 1.54) is 0 Å². The molecule has 38 heavy (non-hydrogen) atoms. The van der Waals surface area contributed by atoms with Gasteiger partial charge in [-0.15, -0.1) is 0 Å². The Morgan fingerprint density at radius 3 is 2.50 bits per heavy atom. The van der Waals surface area contributed by atoms with Crippen LogP contribution in [-0.4, -0.2) is 45.8 Å². The van der Waals surface area contributed by atoms with Gasteiger partial charge in [0, 0.05) is 47.7 Å². The van der Waals surface area contributed by atoms with Crippen LogP contribution in [0.4, 0.5) is 11.6 Å². The van der Waals surface area contributed by atoms with Gasteiger partial charge in [0.25, 0.3) is 5.91 Å². The van der Waals surface area contributed by atoms with Crippen molar-refractivity contribution in [2.75, 3.05) is 5.32 Å². The van der Waals surface area contributed by atoms with Crippen LogP contribution >= 0.6 is 0 Å².